The normalized spacial score (nSPS) is 18.8. The lowest BCUT2D eigenvalue weighted by molar-refractivity contribution is 0.0514. The minimum atomic E-state index is -1.48. The van der Waals surface area contributed by atoms with Crippen molar-refractivity contribution in [1.29, 1.82) is 0 Å². The molecule has 6 heteroatoms. The summed E-state index contributed by atoms with van der Waals surface area (Å²) >= 11 is 0. The first-order valence-electron chi connectivity index (χ1n) is 8.07. The molecule has 0 heterocycles. The van der Waals surface area contributed by atoms with Crippen molar-refractivity contribution in [3.63, 3.8) is 0 Å². The van der Waals surface area contributed by atoms with Gasteiger partial charge in [0.2, 0.25) is 0 Å². The van der Waals surface area contributed by atoms with Crippen molar-refractivity contribution >= 4 is 14.1 Å². The van der Waals surface area contributed by atoms with Crippen LogP contribution in [0.25, 0.3) is 0 Å². The van der Waals surface area contributed by atoms with E-state index >= 15 is 0 Å². The second kappa shape index (κ2) is 9.26. The van der Waals surface area contributed by atoms with Crippen LogP contribution >= 0.6 is 8.03 Å². The molecule has 0 saturated heterocycles. The Balaban J connectivity index is 2.22. The highest BCUT2D eigenvalue weighted by Gasteiger charge is 2.22. The molecule has 1 aliphatic carbocycles. The summed E-state index contributed by atoms with van der Waals surface area (Å²) in [7, 11) is -1.48. The predicted molar refractivity (Wildman–Crippen MR) is 88.4 cm³/mol. The topological polar surface area (TPSA) is 64.6 Å². The summed E-state index contributed by atoms with van der Waals surface area (Å²) in [6.07, 6.45) is 7.28. The van der Waals surface area contributed by atoms with Gasteiger partial charge in [-0.1, -0.05) is 11.6 Å². The second-order valence-corrected chi connectivity index (χ2v) is 7.92. The molecule has 1 aliphatic rings. The average molecular weight is 330 g/mol. The van der Waals surface area contributed by atoms with Gasteiger partial charge in [0, 0.05) is 0 Å². The molecular formula is C16H29NO4P+. The highest BCUT2D eigenvalue weighted by molar-refractivity contribution is 7.39. The fourth-order valence-electron chi connectivity index (χ4n) is 2.37. The van der Waals surface area contributed by atoms with Gasteiger partial charge < -0.3 is 10.1 Å². The van der Waals surface area contributed by atoms with Crippen LogP contribution in [0.15, 0.2) is 11.6 Å². The minimum absolute atomic E-state index is 0.0740. The van der Waals surface area contributed by atoms with E-state index in [1.54, 1.807) is 0 Å². The molecule has 22 heavy (non-hydrogen) atoms. The molecule has 0 aromatic carbocycles. The number of nitrogens with one attached hydrogen (secondary N) is 1. The highest BCUT2D eigenvalue weighted by Crippen LogP contribution is 2.27. The van der Waals surface area contributed by atoms with Gasteiger partial charge in [-0.25, -0.2) is 4.79 Å². The molecule has 1 N–H and O–H groups in total. The Morgan fingerprint density at radius 1 is 1.41 bits per heavy atom. The third-order valence-electron chi connectivity index (χ3n) is 3.28. The maximum absolute atomic E-state index is 11.7. The average Bonchev–Trinajstić information content (AvgIpc) is 2.80. The van der Waals surface area contributed by atoms with Gasteiger partial charge in [0.1, 0.15) is 5.60 Å². The summed E-state index contributed by atoms with van der Waals surface area (Å²) in [5, 5.41) is 2.89. The van der Waals surface area contributed by atoms with Gasteiger partial charge in [0.05, 0.1) is 12.6 Å². The van der Waals surface area contributed by atoms with E-state index in [2.05, 4.69) is 11.4 Å². The van der Waals surface area contributed by atoms with E-state index < -0.39 is 13.6 Å². The van der Waals surface area contributed by atoms with Crippen LogP contribution in [0.4, 0.5) is 4.79 Å². The Bertz CT molecular complexity index is 415. The number of carbonyl (C=O) groups is 1. The molecule has 0 aromatic rings. The maximum Gasteiger partial charge on any atom is 0.508 e. The number of ether oxygens (including phenoxy) is 1. The smallest absolute Gasteiger partial charge is 0.444 e. The first-order chi connectivity index (χ1) is 10.3. The standard InChI is InChI=1S/C16H28NO4P/c1-5-20-22(19)11-7-6-8-13-9-10-14(12-13)17-15(18)21-16(2,3)4/h12,14H,5-11H2,1-4H3/p+1. The number of unbranched alkanes of at least 4 members (excludes halogenated alkanes) is 1. The zero-order valence-corrected chi connectivity index (χ0v) is 15.1. The first kappa shape index (κ1) is 19.1. The molecule has 5 nitrogen and oxygen atoms in total. The zero-order chi connectivity index (χ0) is 16.6. The van der Waals surface area contributed by atoms with E-state index in [9.17, 15) is 9.36 Å². The summed E-state index contributed by atoms with van der Waals surface area (Å²) < 4.78 is 21.7. The van der Waals surface area contributed by atoms with Gasteiger partial charge in [-0.2, -0.15) is 0 Å². The van der Waals surface area contributed by atoms with Crippen LogP contribution in [0.5, 0.6) is 0 Å². The number of carbonyl (C=O) groups excluding carboxylic acids is 1. The van der Waals surface area contributed by atoms with Gasteiger partial charge in [0.15, 0.2) is 6.16 Å². The lowest BCUT2D eigenvalue weighted by Gasteiger charge is -2.21. The second-order valence-electron chi connectivity index (χ2n) is 6.55. The highest BCUT2D eigenvalue weighted by atomic mass is 31.1. The molecule has 0 aromatic heterocycles. The lowest BCUT2D eigenvalue weighted by atomic mass is 10.1. The van der Waals surface area contributed by atoms with Crippen LogP contribution in [-0.4, -0.2) is 30.5 Å². The molecule has 0 bridgehead atoms. The van der Waals surface area contributed by atoms with Gasteiger partial charge in [0.25, 0.3) is 0 Å². The van der Waals surface area contributed by atoms with Crippen molar-refractivity contribution in [2.45, 2.75) is 71.4 Å². The van der Waals surface area contributed by atoms with Crippen molar-refractivity contribution in [2.24, 2.45) is 0 Å². The van der Waals surface area contributed by atoms with Crippen LogP contribution in [-0.2, 0) is 13.8 Å². The van der Waals surface area contributed by atoms with Crippen LogP contribution in [0.2, 0.25) is 0 Å². The molecule has 0 spiro atoms. The fraction of sp³-hybridized carbons (Fsp3) is 0.812. The quantitative estimate of drug-likeness (QED) is 0.403. The van der Waals surface area contributed by atoms with E-state index in [0.717, 1.165) is 32.1 Å². The fourth-order valence-corrected chi connectivity index (χ4v) is 3.27. The largest absolute Gasteiger partial charge is 0.508 e. The van der Waals surface area contributed by atoms with E-state index in [4.69, 9.17) is 9.26 Å². The van der Waals surface area contributed by atoms with E-state index in [-0.39, 0.29) is 12.1 Å². The molecule has 1 rings (SSSR count). The lowest BCUT2D eigenvalue weighted by Crippen LogP contribution is -2.37. The molecular weight excluding hydrogens is 301 g/mol. The third kappa shape index (κ3) is 8.50. The zero-order valence-electron chi connectivity index (χ0n) is 14.2. The van der Waals surface area contributed by atoms with Gasteiger partial charge in [-0.15, -0.1) is 4.52 Å². The summed E-state index contributed by atoms with van der Waals surface area (Å²) in [4.78, 5) is 11.7. The van der Waals surface area contributed by atoms with Crippen LogP contribution in [0.1, 0.15) is 59.8 Å². The van der Waals surface area contributed by atoms with Crippen molar-refractivity contribution < 1.29 is 18.6 Å². The molecule has 0 aliphatic heterocycles. The SMILES string of the molecule is CCO[P+](=O)CCCCC1=CC(NC(=O)OC(C)(C)C)CC1. The molecule has 0 radical (unpaired) electrons. The van der Waals surface area contributed by atoms with Crippen molar-refractivity contribution in [2.75, 3.05) is 12.8 Å². The maximum atomic E-state index is 11.7. The van der Waals surface area contributed by atoms with Crippen LogP contribution in [0.3, 0.4) is 0 Å². The first-order valence-corrected chi connectivity index (χ1v) is 9.43. The molecule has 2 atom stereocenters. The predicted octanol–water partition coefficient (Wildman–Crippen LogP) is 4.55. The molecule has 1 amide bonds. The molecule has 0 fully saturated rings. The monoisotopic (exact) mass is 330 g/mol. The Morgan fingerprint density at radius 2 is 2.14 bits per heavy atom. The number of hydrogen-bond donors (Lipinski definition) is 1. The van der Waals surface area contributed by atoms with Crippen molar-refractivity contribution in [3.05, 3.63) is 11.6 Å². The van der Waals surface area contributed by atoms with E-state index in [0.29, 0.717) is 12.8 Å². The molecule has 2 unspecified atom stereocenters. The van der Waals surface area contributed by atoms with E-state index in [1.165, 1.54) is 5.57 Å². The van der Waals surface area contributed by atoms with Crippen LogP contribution < -0.4 is 5.32 Å². The molecule has 126 valence electrons. The number of rotatable bonds is 8. The van der Waals surface area contributed by atoms with Crippen molar-refractivity contribution in [1.82, 2.24) is 5.32 Å². The Labute approximate surface area is 134 Å². The number of alkyl carbamates (subject to hydrolysis) is 1. The van der Waals surface area contributed by atoms with E-state index in [1.807, 2.05) is 27.7 Å². The Kier molecular flexibility index (Phi) is 8.05. The number of amides is 1. The van der Waals surface area contributed by atoms with Crippen LogP contribution in [0, 0.1) is 0 Å². The van der Waals surface area contributed by atoms with Crippen molar-refractivity contribution in [3.8, 4) is 0 Å². The number of allylic oxidation sites excluding steroid dienone is 1. The summed E-state index contributed by atoms with van der Waals surface area (Å²) in [6.45, 7) is 7.94. The van der Waals surface area contributed by atoms with Gasteiger partial charge >= 0.3 is 14.1 Å². The summed E-state index contributed by atoms with van der Waals surface area (Å²) in [5.41, 5.74) is 0.902. The Morgan fingerprint density at radius 3 is 2.77 bits per heavy atom. The van der Waals surface area contributed by atoms with Gasteiger partial charge in [-0.05, 0) is 64.4 Å². The summed E-state index contributed by atoms with van der Waals surface area (Å²) in [6, 6.07) is 0.0740. The Hall–Kier alpha value is -0.930. The summed E-state index contributed by atoms with van der Waals surface area (Å²) in [5.74, 6) is 0. The third-order valence-corrected chi connectivity index (χ3v) is 4.50. The molecule has 0 saturated carbocycles. The number of hydrogen-bond acceptors (Lipinski definition) is 4. The minimum Gasteiger partial charge on any atom is -0.444 e. The van der Waals surface area contributed by atoms with Gasteiger partial charge in [-0.3, -0.25) is 0 Å².